The van der Waals surface area contributed by atoms with Crippen molar-refractivity contribution >= 4 is 5.96 Å². The highest BCUT2D eigenvalue weighted by Crippen LogP contribution is 2.13. The highest BCUT2D eigenvalue weighted by molar-refractivity contribution is 5.79. The Balaban J connectivity index is 2.48. The average molecular weight is 322 g/mol. The molecule has 5 nitrogen and oxygen atoms in total. The molecule has 0 aliphatic carbocycles. The first kappa shape index (κ1) is 19.5. The van der Waals surface area contributed by atoms with Crippen LogP contribution in [-0.2, 0) is 6.42 Å². The van der Waals surface area contributed by atoms with Crippen molar-refractivity contribution in [3.63, 3.8) is 0 Å². The Bertz CT molecular complexity index is 448. The van der Waals surface area contributed by atoms with Gasteiger partial charge in [0.15, 0.2) is 5.96 Å². The van der Waals surface area contributed by atoms with Crippen LogP contribution in [-0.4, -0.2) is 30.8 Å². The Kier molecular flexibility index (Phi) is 9.41. The number of aromatic nitrogens is 1. The van der Waals surface area contributed by atoms with Gasteiger partial charge in [-0.3, -0.25) is 4.99 Å². The molecule has 2 N–H and O–H groups in total. The molecule has 132 valence electrons. The third-order valence-corrected chi connectivity index (χ3v) is 4.24. The largest absolute Gasteiger partial charge is 0.361 e. The maximum Gasteiger partial charge on any atom is 0.191 e. The minimum Gasteiger partial charge on any atom is -0.361 e. The smallest absolute Gasteiger partial charge is 0.191 e. The minimum atomic E-state index is 0.688. The van der Waals surface area contributed by atoms with Gasteiger partial charge in [-0.1, -0.05) is 38.3 Å². The van der Waals surface area contributed by atoms with Gasteiger partial charge < -0.3 is 15.2 Å². The van der Waals surface area contributed by atoms with E-state index in [2.05, 4.69) is 36.6 Å². The first-order valence-electron chi connectivity index (χ1n) is 9.06. The van der Waals surface area contributed by atoms with Crippen molar-refractivity contribution < 1.29 is 4.52 Å². The molecular weight excluding hydrogens is 288 g/mol. The average Bonchev–Trinajstić information content (AvgIpc) is 2.86. The zero-order chi connectivity index (χ0) is 17.1. The molecule has 0 amide bonds. The molecule has 23 heavy (non-hydrogen) atoms. The van der Waals surface area contributed by atoms with Crippen LogP contribution in [0.4, 0.5) is 0 Å². The number of guanidine groups is 1. The molecule has 0 aromatic carbocycles. The van der Waals surface area contributed by atoms with Crippen molar-refractivity contribution in [1.82, 2.24) is 15.8 Å². The van der Waals surface area contributed by atoms with E-state index in [0.29, 0.717) is 5.92 Å². The van der Waals surface area contributed by atoms with Crippen LogP contribution < -0.4 is 10.6 Å². The number of nitrogens with zero attached hydrogens (tertiary/aromatic N) is 2. The molecule has 1 unspecified atom stereocenters. The van der Waals surface area contributed by atoms with Crippen LogP contribution >= 0.6 is 0 Å². The monoisotopic (exact) mass is 322 g/mol. The van der Waals surface area contributed by atoms with Crippen molar-refractivity contribution in [2.75, 3.05) is 19.6 Å². The summed E-state index contributed by atoms with van der Waals surface area (Å²) < 4.78 is 5.21. The van der Waals surface area contributed by atoms with Crippen LogP contribution in [0.1, 0.15) is 63.5 Å². The summed E-state index contributed by atoms with van der Waals surface area (Å²) in [4.78, 5) is 4.76. The normalized spacial score (nSPS) is 13.2. The number of unbranched alkanes of at least 4 members (excludes halogenated alkanes) is 1. The third-order valence-electron chi connectivity index (χ3n) is 4.24. The third kappa shape index (κ3) is 7.06. The Hall–Kier alpha value is -1.52. The molecule has 1 atom stereocenters. The highest BCUT2D eigenvalue weighted by atomic mass is 16.5. The molecule has 1 aromatic rings. The van der Waals surface area contributed by atoms with Crippen LogP contribution in [0.3, 0.4) is 0 Å². The summed E-state index contributed by atoms with van der Waals surface area (Å²) in [6.07, 6.45) is 5.93. The molecule has 0 bridgehead atoms. The van der Waals surface area contributed by atoms with E-state index in [1.54, 1.807) is 0 Å². The number of aliphatic imine (C=N–C) groups is 1. The Morgan fingerprint density at radius 2 is 2.00 bits per heavy atom. The zero-order valence-corrected chi connectivity index (χ0v) is 15.5. The van der Waals surface area contributed by atoms with Crippen molar-refractivity contribution in [2.24, 2.45) is 10.9 Å². The lowest BCUT2D eigenvalue weighted by Gasteiger charge is -2.15. The fraction of sp³-hybridized carbons (Fsp3) is 0.778. The predicted molar refractivity (Wildman–Crippen MR) is 97.0 cm³/mol. The molecule has 0 spiro atoms. The second-order valence-electron chi connectivity index (χ2n) is 6.12. The van der Waals surface area contributed by atoms with E-state index < -0.39 is 0 Å². The Labute approximate surface area is 141 Å². The number of hydrogen-bond donors (Lipinski definition) is 2. The van der Waals surface area contributed by atoms with E-state index in [0.717, 1.165) is 43.5 Å². The zero-order valence-electron chi connectivity index (χ0n) is 15.5. The lowest BCUT2D eigenvalue weighted by atomic mass is 10.00. The summed E-state index contributed by atoms with van der Waals surface area (Å²) in [5, 5.41) is 10.7. The quantitative estimate of drug-likeness (QED) is 0.510. The lowest BCUT2D eigenvalue weighted by molar-refractivity contribution is 0.392. The molecule has 1 rings (SSSR count). The fourth-order valence-corrected chi connectivity index (χ4v) is 2.64. The number of nitrogens with one attached hydrogen (secondary N) is 2. The van der Waals surface area contributed by atoms with E-state index in [4.69, 9.17) is 9.52 Å². The maximum atomic E-state index is 5.21. The molecule has 5 heteroatoms. The molecule has 0 radical (unpaired) electrons. The summed E-state index contributed by atoms with van der Waals surface area (Å²) >= 11 is 0. The van der Waals surface area contributed by atoms with Gasteiger partial charge in [0, 0.05) is 25.2 Å². The first-order valence-corrected chi connectivity index (χ1v) is 9.06. The molecule has 0 aliphatic rings. The standard InChI is InChI=1S/C18H34N4O/c1-6-9-10-16(7-2)13-21-18(19-8-3)20-12-11-17-14(4)22-23-15(17)5/h16H,6-13H2,1-5H3,(H2,19,20,21). The van der Waals surface area contributed by atoms with Crippen LogP contribution in [0, 0.1) is 19.8 Å². The molecular formula is C18H34N4O. The van der Waals surface area contributed by atoms with Gasteiger partial charge in [0.25, 0.3) is 0 Å². The molecule has 0 fully saturated rings. The van der Waals surface area contributed by atoms with E-state index in [-0.39, 0.29) is 0 Å². The van der Waals surface area contributed by atoms with Crippen LogP contribution in [0.2, 0.25) is 0 Å². The van der Waals surface area contributed by atoms with Gasteiger partial charge in [0.2, 0.25) is 0 Å². The van der Waals surface area contributed by atoms with E-state index in [9.17, 15) is 0 Å². The van der Waals surface area contributed by atoms with Crippen molar-refractivity contribution in [1.29, 1.82) is 0 Å². The minimum absolute atomic E-state index is 0.688. The van der Waals surface area contributed by atoms with Gasteiger partial charge in [-0.05, 0) is 39.5 Å². The Morgan fingerprint density at radius 3 is 2.57 bits per heavy atom. The van der Waals surface area contributed by atoms with Gasteiger partial charge >= 0.3 is 0 Å². The summed E-state index contributed by atoms with van der Waals surface area (Å²) in [7, 11) is 0. The van der Waals surface area contributed by atoms with E-state index in [1.807, 2.05) is 13.8 Å². The molecule has 0 aliphatic heterocycles. The highest BCUT2D eigenvalue weighted by Gasteiger charge is 2.09. The van der Waals surface area contributed by atoms with Gasteiger partial charge in [-0.25, -0.2) is 0 Å². The lowest BCUT2D eigenvalue weighted by Crippen LogP contribution is -2.38. The second-order valence-corrected chi connectivity index (χ2v) is 6.12. The first-order chi connectivity index (χ1) is 11.1. The topological polar surface area (TPSA) is 62.5 Å². The summed E-state index contributed by atoms with van der Waals surface area (Å²) in [6.45, 7) is 13.2. The summed E-state index contributed by atoms with van der Waals surface area (Å²) in [6, 6.07) is 0. The fourth-order valence-electron chi connectivity index (χ4n) is 2.64. The molecule has 0 saturated carbocycles. The maximum absolute atomic E-state index is 5.21. The predicted octanol–water partition coefficient (Wildman–Crippen LogP) is 3.61. The SMILES string of the molecule is CCCCC(CC)CN=C(NCC)NCCc1c(C)noc1C. The van der Waals surface area contributed by atoms with Crippen molar-refractivity contribution in [2.45, 2.75) is 66.7 Å². The van der Waals surface area contributed by atoms with Gasteiger partial charge in [0.1, 0.15) is 5.76 Å². The summed E-state index contributed by atoms with van der Waals surface area (Å²) in [5.41, 5.74) is 2.18. The summed E-state index contributed by atoms with van der Waals surface area (Å²) in [5.74, 6) is 2.51. The number of aryl methyl sites for hydroxylation is 2. The van der Waals surface area contributed by atoms with Crippen LogP contribution in [0.15, 0.2) is 9.52 Å². The van der Waals surface area contributed by atoms with Gasteiger partial charge in [0.05, 0.1) is 5.69 Å². The second kappa shape index (κ2) is 11.1. The van der Waals surface area contributed by atoms with Gasteiger partial charge in [-0.2, -0.15) is 0 Å². The number of rotatable bonds is 10. The van der Waals surface area contributed by atoms with Crippen molar-refractivity contribution in [3.05, 3.63) is 17.0 Å². The van der Waals surface area contributed by atoms with E-state index in [1.165, 1.54) is 31.2 Å². The molecule has 1 heterocycles. The van der Waals surface area contributed by atoms with Crippen LogP contribution in [0.5, 0.6) is 0 Å². The number of hydrogen-bond acceptors (Lipinski definition) is 3. The molecule has 1 aromatic heterocycles. The van der Waals surface area contributed by atoms with Crippen molar-refractivity contribution in [3.8, 4) is 0 Å². The molecule has 0 saturated heterocycles. The van der Waals surface area contributed by atoms with E-state index >= 15 is 0 Å². The Morgan fingerprint density at radius 1 is 1.22 bits per heavy atom. The van der Waals surface area contributed by atoms with Gasteiger partial charge in [-0.15, -0.1) is 0 Å². The van der Waals surface area contributed by atoms with Crippen LogP contribution in [0.25, 0.3) is 0 Å².